The molecule has 3 N–H and O–H groups in total. The molecule has 1 aromatic rings. The largest absolute Gasteiger partial charge is 0.368 e. The standard InChI is InChI=1S/C12H19ClN4S/c1-18-12(5-3-2-4-6-12)8-16-10-9(13)7-15-11(14)17-10/h7H,2-6,8H2,1H3,(H3,14,15,16,17). The van der Waals surface area contributed by atoms with Gasteiger partial charge in [-0.15, -0.1) is 0 Å². The van der Waals surface area contributed by atoms with E-state index < -0.39 is 0 Å². The lowest BCUT2D eigenvalue weighted by Crippen LogP contribution is -2.35. The normalized spacial score (nSPS) is 18.6. The van der Waals surface area contributed by atoms with Crippen LogP contribution in [0, 0.1) is 0 Å². The fraction of sp³-hybridized carbons (Fsp3) is 0.667. The number of nitrogens with two attached hydrogens (primary N) is 1. The Morgan fingerprint density at radius 1 is 1.44 bits per heavy atom. The zero-order valence-electron chi connectivity index (χ0n) is 10.6. The van der Waals surface area contributed by atoms with Gasteiger partial charge in [0.2, 0.25) is 5.95 Å². The molecule has 0 radical (unpaired) electrons. The summed E-state index contributed by atoms with van der Waals surface area (Å²) in [5.41, 5.74) is 5.58. The Hall–Kier alpha value is -0.680. The summed E-state index contributed by atoms with van der Waals surface area (Å²) in [5, 5.41) is 3.86. The minimum atomic E-state index is 0.253. The van der Waals surface area contributed by atoms with E-state index in [4.69, 9.17) is 17.3 Å². The summed E-state index contributed by atoms with van der Waals surface area (Å²) in [7, 11) is 0. The van der Waals surface area contributed by atoms with E-state index in [0.717, 1.165) is 6.54 Å². The van der Waals surface area contributed by atoms with Crippen LogP contribution in [0.15, 0.2) is 6.20 Å². The number of anilines is 2. The molecule has 1 aliphatic carbocycles. The van der Waals surface area contributed by atoms with Crippen LogP contribution in [-0.4, -0.2) is 27.5 Å². The lowest BCUT2D eigenvalue weighted by Gasteiger charge is -2.36. The van der Waals surface area contributed by atoms with Crippen molar-refractivity contribution in [3.05, 3.63) is 11.2 Å². The summed E-state index contributed by atoms with van der Waals surface area (Å²) in [6.45, 7) is 0.879. The molecular weight excluding hydrogens is 268 g/mol. The molecule has 0 aromatic carbocycles. The zero-order valence-corrected chi connectivity index (χ0v) is 12.2. The lowest BCUT2D eigenvalue weighted by molar-refractivity contribution is 0.411. The van der Waals surface area contributed by atoms with Crippen LogP contribution in [0.4, 0.5) is 11.8 Å². The van der Waals surface area contributed by atoms with Gasteiger partial charge in [-0.25, -0.2) is 4.98 Å². The molecule has 100 valence electrons. The number of hydrogen-bond donors (Lipinski definition) is 2. The highest BCUT2D eigenvalue weighted by atomic mass is 35.5. The van der Waals surface area contributed by atoms with Crippen LogP contribution in [0.3, 0.4) is 0 Å². The van der Waals surface area contributed by atoms with E-state index in [9.17, 15) is 0 Å². The molecule has 1 saturated carbocycles. The van der Waals surface area contributed by atoms with E-state index in [-0.39, 0.29) is 5.95 Å². The Kier molecular flexibility index (Phi) is 4.56. The van der Waals surface area contributed by atoms with Crippen LogP contribution in [0.1, 0.15) is 32.1 Å². The van der Waals surface area contributed by atoms with Gasteiger partial charge in [-0.3, -0.25) is 0 Å². The minimum Gasteiger partial charge on any atom is -0.368 e. The van der Waals surface area contributed by atoms with E-state index in [1.54, 1.807) is 6.20 Å². The number of aromatic nitrogens is 2. The molecule has 1 fully saturated rings. The third-order valence-electron chi connectivity index (χ3n) is 3.54. The van der Waals surface area contributed by atoms with Crippen molar-refractivity contribution >= 4 is 35.1 Å². The molecule has 6 heteroatoms. The lowest BCUT2D eigenvalue weighted by atomic mass is 9.88. The number of halogens is 1. The van der Waals surface area contributed by atoms with Crippen molar-refractivity contribution in [1.29, 1.82) is 0 Å². The van der Waals surface area contributed by atoms with Gasteiger partial charge in [-0.1, -0.05) is 30.9 Å². The molecule has 1 aromatic heterocycles. The third kappa shape index (κ3) is 3.20. The molecular formula is C12H19ClN4S. The molecule has 2 rings (SSSR count). The Balaban J connectivity index is 2.03. The van der Waals surface area contributed by atoms with Crippen molar-refractivity contribution in [2.45, 2.75) is 36.9 Å². The summed E-state index contributed by atoms with van der Waals surface area (Å²) in [5.74, 6) is 0.895. The average molecular weight is 287 g/mol. The number of nitrogens with one attached hydrogen (secondary N) is 1. The number of hydrogen-bond acceptors (Lipinski definition) is 5. The Labute approximate surface area is 117 Å². The fourth-order valence-corrected chi connectivity index (χ4v) is 3.47. The first-order valence-electron chi connectivity index (χ1n) is 6.22. The molecule has 0 unspecified atom stereocenters. The van der Waals surface area contributed by atoms with Crippen molar-refractivity contribution < 1.29 is 0 Å². The maximum Gasteiger partial charge on any atom is 0.222 e. The van der Waals surface area contributed by atoms with Crippen LogP contribution < -0.4 is 11.1 Å². The molecule has 4 nitrogen and oxygen atoms in total. The summed E-state index contributed by atoms with van der Waals surface area (Å²) < 4.78 is 0.307. The van der Waals surface area contributed by atoms with Crippen molar-refractivity contribution in [2.24, 2.45) is 0 Å². The number of thioether (sulfide) groups is 1. The van der Waals surface area contributed by atoms with Crippen LogP contribution >= 0.6 is 23.4 Å². The monoisotopic (exact) mass is 286 g/mol. The quantitative estimate of drug-likeness (QED) is 0.890. The van der Waals surface area contributed by atoms with Gasteiger partial charge in [0.1, 0.15) is 5.02 Å². The van der Waals surface area contributed by atoms with Gasteiger partial charge in [-0.2, -0.15) is 16.7 Å². The average Bonchev–Trinajstić information content (AvgIpc) is 2.41. The maximum absolute atomic E-state index is 6.05. The van der Waals surface area contributed by atoms with E-state index in [1.807, 2.05) is 11.8 Å². The second kappa shape index (κ2) is 5.97. The maximum atomic E-state index is 6.05. The molecule has 1 aliphatic rings. The van der Waals surface area contributed by atoms with E-state index in [0.29, 0.717) is 15.6 Å². The smallest absolute Gasteiger partial charge is 0.222 e. The summed E-state index contributed by atoms with van der Waals surface area (Å²) in [6, 6.07) is 0. The van der Waals surface area contributed by atoms with Gasteiger partial charge in [0.05, 0.1) is 6.20 Å². The Bertz CT molecular complexity index is 407. The number of nitrogen functional groups attached to an aromatic ring is 1. The minimum absolute atomic E-state index is 0.253. The molecule has 0 bridgehead atoms. The Morgan fingerprint density at radius 2 is 2.17 bits per heavy atom. The van der Waals surface area contributed by atoms with Gasteiger partial charge in [0.25, 0.3) is 0 Å². The molecule has 0 saturated heterocycles. The highest BCUT2D eigenvalue weighted by Gasteiger charge is 2.31. The van der Waals surface area contributed by atoms with Crippen LogP contribution in [0.5, 0.6) is 0 Å². The van der Waals surface area contributed by atoms with Gasteiger partial charge in [-0.05, 0) is 19.1 Å². The molecule has 0 spiro atoms. The van der Waals surface area contributed by atoms with E-state index in [1.165, 1.54) is 32.1 Å². The molecule has 0 aliphatic heterocycles. The van der Waals surface area contributed by atoms with Crippen molar-refractivity contribution in [1.82, 2.24) is 9.97 Å². The van der Waals surface area contributed by atoms with Crippen LogP contribution in [-0.2, 0) is 0 Å². The zero-order chi connectivity index (χ0) is 13.0. The van der Waals surface area contributed by atoms with Crippen LogP contribution in [0.2, 0.25) is 5.02 Å². The fourth-order valence-electron chi connectivity index (χ4n) is 2.40. The first kappa shape index (κ1) is 13.7. The molecule has 0 amide bonds. The number of rotatable bonds is 4. The first-order valence-corrected chi connectivity index (χ1v) is 7.82. The third-order valence-corrected chi connectivity index (χ3v) is 5.23. The predicted octanol–water partition coefficient (Wildman–Crippen LogP) is 3.19. The van der Waals surface area contributed by atoms with Crippen molar-refractivity contribution in [2.75, 3.05) is 23.9 Å². The topological polar surface area (TPSA) is 63.8 Å². The van der Waals surface area contributed by atoms with Crippen molar-refractivity contribution in [3.63, 3.8) is 0 Å². The summed E-state index contributed by atoms with van der Waals surface area (Å²) in [4.78, 5) is 8.00. The van der Waals surface area contributed by atoms with Gasteiger partial charge >= 0.3 is 0 Å². The van der Waals surface area contributed by atoms with Gasteiger partial charge < -0.3 is 11.1 Å². The Morgan fingerprint density at radius 3 is 2.83 bits per heavy atom. The predicted molar refractivity (Wildman–Crippen MR) is 79.3 cm³/mol. The summed E-state index contributed by atoms with van der Waals surface area (Å²) >= 11 is 7.99. The molecule has 18 heavy (non-hydrogen) atoms. The highest BCUT2D eigenvalue weighted by Crippen LogP contribution is 2.38. The molecule has 0 atom stereocenters. The van der Waals surface area contributed by atoms with Gasteiger partial charge in [0.15, 0.2) is 5.82 Å². The van der Waals surface area contributed by atoms with Crippen molar-refractivity contribution in [3.8, 4) is 0 Å². The highest BCUT2D eigenvalue weighted by molar-refractivity contribution is 8.00. The second-order valence-electron chi connectivity index (χ2n) is 4.73. The van der Waals surface area contributed by atoms with E-state index >= 15 is 0 Å². The second-order valence-corrected chi connectivity index (χ2v) is 6.41. The van der Waals surface area contributed by atoms with E-state index in [2.05, 4.69) is 21.5 Å². The summed E-state index contributed by atoms with van der Waals surface area (Å²) in [6.07, 6.45) is 10.2. The molecule has 1 heterocycles. The van der Waals surface area contributed by atoms with Gasteiger partial charge in [0, 0.05) is 11.3 Å². The SMILES string of the molecule is CSC1(CNc2nc(N)ncc2Cl)CCCCC1. The first-order chi connectivity index (χ1) is 8.65. The van der Waals surface area contributed by atoms with Crippen LogP contribution in [0.25, 0.3) is 0 Å². The number of nitrogens with zero attached hydrogens (tertiary/aromatic N) is 2.